The third-order valence-corrected chi connectivity index (χ3v) is 7.93. The van der Waals surface area contributed by atoms with Gasteiger partial charge in [0.15, 0.2) is 11.3 Å². The molecule has 2 saturated heterocycles. The fraction of sp³-hybridized carbons (Fsp3) is 0.469. The van der Waals surface area contributed by atoms with Crippen LogP contribution in [0.2, 0.25) is 0 Å². The molecule has 2 heterocycles. The Morgan fingerprint density at radius 3 is 2.33 bits per heavy atom. The Bertz CT molecular complexity index is 1360. The number of carboxylic acid groups (broad SMARTS) is 2. The number of esters is 1. The third kappa shape index (κ3) is 10.1. The molecular formula is C32H43N5O8. The standard InChI is InChI=1S/C25H31N3O6.C7H12N2O2/c1-4-34-22(30)13-16(2)15-25(26,23(31)32)21(29)14-18-9-11-19(12-10-18)27-24(33)28-20-8-6-5-7-17(20)3;10-7(11)5-1-4-2-8-3-6(4)9-5/h5-12,16H,4,13-15,26H2,1-3H3,(H,31,32)(H2,27,28,33);4-6,8-9H,1-3H2,(H,10,11)/t16?,25-;/m1./s1. The smallest absolute Gasteiger partial charge is 0.331 e. The van der Waals surface area contributed by atoms with Crippen molar-refractivity contribution in [1.82, 2.24) is 10.6 Å². The van der Waals surface area contributed by atoms with Crippen LogP contribution in [0.5, 0.6) is 0 Å². The number of anilines is 2. The van der Waals surface area contributed by atoms with Crippen molar-refractivity contribution in [2.45, 2.75) is 64.1 Å². The molecule has 2 fully saturated rings. The van der Waals surface area contributed by atoms with Crippen molar-refractivity contribution in [2.75, 3.05) is 30.3 Å². The Morgan fingerprint density at radius 1 is 1.04 bits per heavy atom. The van der Waals surface area contributed by atoms with Gasteiger partial charge in [-0.25, -0.2) is 9.59 Å². The topological polar surface area (TPSA) is 209 Å². The van der Waals surface area contributed by atoms with E-state index in [0.717, 1.165) is 25.1 Å². The molecule has 2 aromatic carbocycles. The van der Waals surface area contributed by atoms with Crippen LogP contribution in [-0.4, -0.2) is 77.3 Å². The van der Waals surface area contributed by atoms with E-state index in [4.69, 9.17) is 15.6 Å². The predicted octanol–water partition coefficient (Wildman–Crippen LogP) is 2.53. The number of carboxylic acids is 2. The summed E-state index contributed by atoms with van der Waals surface area (Å²) < 4.78 is 4.87. The van der Waals surface area contributed by atoms with E-state index in [1.54, 1.807) is 44.2 Å². The van der Waals surface area contributed by atoms with Crippen molar-refractivity contribution in [3.05, 3.63) is 59.7 Å². The second-order valence-corrected chi connectivity index (χ2v) is 11.6. The number of ketones is 1. The fourth-order valence-electron chi connectivity index (χ4n) is 5.47. The maximum Gasteiger partial charge on any atom is 0.331 e. The minimum atomic E-state index is -2.13. The van der Waals surface area contributed by atoms with E-state index < -0.39 is 41.2 Å². The number of rotatable bonds is 12. The highest BCUT2D eigenvalue weighted by Gasteiger charge is 2.43. The monoisotopic (exact) mass is 625 g/mol. The molecule has 4 unspecified atom stereocenters. The van der Waals surface area contributed by atoms with Gasteiger partial charge >= 0.3 is 23.9 Å². The first-order valence-electron chi connectivity index (χ1n) is 15.0. The Balaban J connectivity index is 0.000000415. The van der Waals surface area contributed by atoms with E-state index in [-0.39, 0.29) is 31.9 Å². The molecule has 0 aromatic heterocycles. The minimum absolute atomic E-state index is 0.0295. The summed E-state index contributed by atoms with van der Waals surface area (Å²) in [5, 5.41) is 30.1. The van der Waals surface area contributed by atoms with Crippen LogP contribution in [-0.2, 0) is 30.3 Å². The quantitative estimate of drug-likeness (QED) is 0.135. The summed E-state index contributed by atoms with van der Waals surface area (Å²) in [6.07, 6.45) is 0.356. The largest absolute Gasteiger partial charge is 0.480 e. The number of hydrogen-bond acceptors (Lipinski definition) is 9. The van der Waals surface area contributed by atoms with E-state index in [1.165, 1.54) is 0 Å². The molecule has 0 saturated carbocycles. The van der Waals surface area contributed by atoms with Gasteiger partial charge in [0.05, 0.1) is 6.61 Å². The lowest BCUT2D eigenvalue weighted by Gasteiger charge is -2.26. The minimum Gasteiger partial charge on any atom is -0.480 e. The summed E-state index contributed by atoms with van der Waals surface area (Å²) in [5.74, 6) is -3.21. The first-order chi connectivity index (χ1) is 21.3. The zero-order valence-electron chi connectivity index (χ0n) is 25.8. The van der Waals surface area contributed by atoms with Gasteiger partial charge in [-0.2, -0.15) is 0 Å². The molecule has 45 heavy (non-hydrogen) atoms. The Morgan fingerprint density at radius 2 is 1.73 bits per heavy atom. The van der Waals surface area contributed by atoms with Crippen molar-refractivity contribution < 1.29 is 38.9 Å². The number of carbonyl (C=O) groups excluding carboxylic acids is 3. The molecule has 0 radical (unpaired) electrons. The first-order valence-corrected chi connectivity index (χ1v) is 15.0. The van der Waals surface area contributed by atoms with Crippen molar-refractivity contribution >= 4 is 41.1 Å². The highest BCUT2D eigenvalue weighted by atomic mass is 16.5. The van der Waals surface area contributed by atoms with E-state index in [1.807, 2.05) is 25.1 Å². The number of ether oxygens (including phenoxy) is 1. The van der Waals surface area contributed by atoms with Gasteiger partial charge in [0, 0.05) is 36.8 Å². The number of amides is 2. The lowest BCUT2D eigenvalue weighted by atomic mass is 9.82. The summed E-state index contributed by atoms with van der Waals surface area (Å²) in [4.78, 5) is 59.1. The molecule has 244 valence electrons. The van der Waals surface area contributed by atoms with Gasteiger partial charge < -0.3 is 36.6 Å². The Kier molecular flexibility index (Phi) is 12.6. The molecule has 5 atom stereocenters. The number of Topliss-reactive ketones (excluding diaryl/α,β-unsaturated/α-hetero) is 1. The summed E-state index contributed by atoms with van der Waals surface area (Å²) in [5.41, 5.74) is 6.53. The van der Waals surface area contributed by atoms with Gasteiger partial charge in [0.25, 0.3) is 0 Å². The average molecular weight is 626 g/mol. The Hall–Kier alpha value is -4.33. The van der Waals surface area contributed by atoms with Gasteiger partial charge in [-0.1, -0.05) is 37.3 Å². The average Bonchev–Trinajstić information content (AvgIpc) is 3.59. The second-order valence-electron chi connectivity index (χ2n) is 11.6. The summed E-state index contributed by atoms with van der Waals surface area (Å²) in [7, 11) is 0. The second kappa shape index (κ2) is 16.1. The van der Waals surface area contributed by atoms with Crippen LogP contribution < -0.4 is 27.0 Å². The number of aliphatic carboxylic acids is 2. The number of nitrogens with two attached hydrogens (primary N) is 1. The number of aryl methyl sites for hydroxylation is 1. The predicted molar refractivity (Wildman–Crippen MR) is 168 cm³/mol. The molecule has 2 aliphatic heterocycles. The number of fused-ring (bicyclic) bond motifs is 1. The SMILES string of the molecule is CCOC(=O)CC(C)C[C@](N)(C(=O)O)C(=O)Cc1ccc(NC(=O)Nc2ccccc2C)cc1.O=C(O)C1CC2CNCC2N1. The van der Waals surface area contributed by atoms with Crippen LogP contribution in [0.1, 0.15) is 44.2 Å². The van der Waals surface area contributed by atoms with Crippen molar-refractivity contribution in [2.24, 2.45) is 17.6 Å². The fourth-order valence-corrected chi connectivity index (χ4v) is 5.47. The lowest BCUT2D eigenvalue weighted by Crippen LogP contribution is -2.56. The molecule has 4 rings (SSSR count). The van der Waals surface area contributed by atoms with Crippen molar-refractivity contribution in [3.8, 4) is 0 Å². The zero-order valence-corrected chi connectivity index (χ0v) is 25.8. The molecule has 0 aliphatic carbocycles. The molecule has 0 spiro atoms. The molecule has 8 N–H and O–H groups in total. The molecule has 2 amide bonds. The number of nitrogens with one attached hydrogen (secondary N) is 4. The summed E-state index contributed by atoms with van der Waals surface area (Å²) in [6.45, 7) is 7.32. The van der Waals surface area contributed by atoms with Crippen LogP contribution in [0.3, 0.4) is 0 Å². The van der Waals surface area contributed by atoms with Gasteiger partial charge in [-0.15, -0.1) is 0 Å². The number of benzene rings is 2. The van der Waals surface area contributed by atoms with Crippen molar-refractivity contribution in [1.29, 1.82) is 0 Å². The summed E-state index contributed by atoms with van der Waals surface area (Å²) >= 11 is 0. The van der Waals surface area contributed by atoms with E-state index >= 15 is 0 Å². The van der Waals surface area contributed by atoms with Crippen LogP contribution in [0, 0.1) is 18.8 Å². The van der Waals surface area contributed by atoms with E-state index in [0.29, 0.717) is 28.9 Å². The third-order valence-electron chi connectivity index (χ3n) is 7.93. The molecule has 2 aromatic rings. The van der Waals surface area contributed by atoms with Gasteiger partial charge in [0.1, 0.15) is 6.04 Å². The highest BCUT2D eigenvalue weighted by molar-refractivity contribution is 6.08. The van der Waals surface area contributed by atoms with Crippen LogP contribution in [0.4, 0.5) is 16.2 Å². The van der Waals surface area contributed by atoms with Gasteiger partial charge in [-0.05, 0) is 74.4 Å². The van der Waals surface area contributed by atoms with Crippen LogP contribution in [0.25, 0.3) is 0 Å². The maximum absolute atomic E-state index is 12.8. The first kappa shape index (κ1) is 35.2. The molecule has 2 aliphatic rings. The van der Waals surface area contributed by atoms with Crippen molar-refractivity contribution in [3.63, 3.8) is 0 Å². The number of hydrogen-bond donors (Lipinski definition) is 7. The van der Waals surface area contributed by atoms with E-state index in [9.17, 15) is 29.1 Å². The van der Waals surface area contributed by atoms with E-state index in [2.05, 4.69) is 21.3 Å². The van der Waals surface area contributed by atoms with Gasteiger partial charge in [-0.3, -0.25) is 19.7 Å². The maximum atomic E-state index is 12.8. The summed E-state index contributed by atoms with van der Waals surface area (Å²) in [6, 6.07) is 13.5. The molecule has 0 bridgehead atoms. The molecule has 13 heteroatoms. The number of carbonyl (C=O) groups is 5. The number of para-hydroxylation sites is 1. The van der Waals surface area contributed by atoms with Gasteiger partial charge in [0.2, 0.25) is 0 Å². The normalized spacial score (nSPS) is 20.4. The molecular weight excluding hydrogens is 582 g/mol. The lowest BCUT2D eigenvalue weighted by molar-refractivity contribution is -0.151. The zero-order chi connectivity index (χ0) is 33.1. The Labute approximate surface area is 262 Å². The number of urea groups is 1. The molecule has 13 nitrogen and oxygen atoms in total. The van der Waals surface area contributed by atoms with Crippen LogP contribution in [0.15, 0.2) is 48.5 Å². The highest BCUT2D eigenvalue weighted by Crippen LogP contribution is 2.24. The van der Waals surface area contributed by atoms with Crippen LogP contribution >= 0.6 is 0 Å².